The van der Waals surface area contributed by atoms with Crippen molar-refractivity contribution in [3.8, 4) is 0 Å². The van der Waals surface area contributed by atoms with Crippen molar-refractivity contribution in [3.63, 3.8) is 0 Å². The summed E-state index contributed by atoms with van der Waals surface area (Å²) >= 11 is 0. The molecular formula is C12H24F3N. The Morgan fingerprint density at radius 3 is 1.94 bits per heavy atom. The molecule has 98 valence electrons. The van der Waals surface area contributed by atoms with Gasteiger partial charge in [-0.25, -0.2) is 0 Å². The van der Waals surface area contributed by atoms with E-state index in [4.69, 9.17) is 0 Å². The Morgan fingerprint density at radius 2 is 1.62 bits per heavy atom. The van der Waals surface area contributed by atoms with E-state index in [-0.39, 0.29) is 17.9 Å². The second-order valence-corrected chi connectivity index (χ2v) is 5.72. The van der Waals surface area contributed by atoms with Crippen LogP contribution < -0.4 is 5.32 Å². The molecule has 0 spiro atoms. The zero-order chi connectivity index (χ0) is 13.0. The molecule has 0 aromatic rings. The van der Waals surface area contributed by atoms with Crippen molar-refractivity contribution in [3.05, 3.63) is 0 Å². The molecule has 4 heteroatoms. The lowest BCUT2D eigenvalue weighted by Crippen LogP contribution is -2.48. The summed E-state index contributed by atoms with van der Waals surface area (Å²) in [4.78, 5) is 0. The molecule has 1 N–H and O–H groups in total. The zero-order valence-corrected chi connectivity index (χ0v) is 10.9. The molecule has 1 nitrogen and oxygen atoms in total. The first-order valence-corrected chi connectivity index (χ1v) is 5.89. The Bertz CT molecular complexity index is 193. The van der Waals surface area contributed by atoms with Gasteiger partial charge in [-0.3, -0.25) is 0 Å². The van der Waals surface area contributed by atoms with Gasteiger partial charge in [0.2, 0.25) is 0 Å². The maximum absolute atomic E-state index is 12.8. The van der Waals surface area contributed by atoms with Crippen LogP contribution in [0.1, 0.15) is 53.9 Å². The minimum absolute atomic E-state index is 0.0843. The van der Waals surface area contributed by atoms with Crippen LogP contribution in [0.4, 0.5) is 13.2 Å². The van der Waals surface area contributed by atoms with Crippen molar-refractivity contribution < 1.29 is 13.2 Å². The van der Waals surface area contributed by atoms with Crippen LogP contribution in [0, 0.1) is 5.41 Å². The van der Waals surface area contributed by atoms with Gasteiger partial charge in [0, 0.05) is 6.04 Å². The van der Waals surface area contributed by atoms with E-state index >= 15 is 0 Å². The fourth-order valence-electron chi connectivity index (χ4n) is 1.74. The first-order valence-electron chi connectivity index (χ1n) is 5.89. The predicted molar refractivity (Wildman–Crippen MR) is 61.4 cm³/mol. The van der Waals surface area contributed by atoms with E-state index in [9.17, 15) is 13.2 Å². The van der Waals surface area contributed by atoms with Gasteiger partial charge in [-0.2, -0.15) is 13.2 Å². The Balaban J connectivity index is 4.45. The maximum atomic E-state index is 12.8. The Morgan fingerprint density at radius 1 is 1.12 bits per heavy atom. The Labute approximate surface area is 96.8 Å². The van der Waals surface area contributed by atoms with Crippen molar-refractivity contribution in [1.29, 1.82) is 0 Å². The van der Waals surface area contributed by atoms with E-state index in [1.807, 2.05) is 34.6 Å². The molecular weight excluding hydrogens is 215 g/mol. The van der Waals surface area contributed by atoms with Gasteiger partial charge >= 0.3 is 6.18 Å². The van der Waals surface area contributed by atoms with Crippen LogP contribution >= 0.6 is 0 Å². The molecule has 16 heavy (non-hydrogen) atoms. The van der Waals surface area contributed by atoms with Crippen LogP contribution in [-0.4, -0.2) is 18.3 Å². The quantitative estimate of drug-likeness (QED) is 0.760. The highest BCUT2D eigenvalue weighted by atomic mass is 19.4. The minimum atomic E-state index is -4.16. The SMILES string of the molecule is CCCC(C)NC(CC(C)(C)C)C(F)(F)F. The molecule has 0 saturated carbocycles. The monoisotopic (exact) mass is 239 g/mol. The largest absolute Gasteiger partial charge is 0.403 e. The second kappa shape index (κ2) is 5.89. The first-order chi connectivity index (χ1) is 7.06. The van der Waals surface area contributed by atoms with Crippen LogP contribution in [0.15, 0.2) is 0 Å². The van der Waals surface area contributed by atoms with E-state index in [0.29, 0.717) is 0 Å². The van der Waals surface area contributed by atoms with E-state index < -0.39 is 12.2 Å². The van der Waals surface area contributed by atoms with Gasteiger partial charge in [0.15, 0.2) is 0 Å². The molecule has 0 radical (unpaired) electrons. The average Bonchev–Trinajstić information content (AvgIpc) is 1.98. The fourth-order valence-corrected chi connectivity index (χ4v) is 1.74. The number of alkyl halides is 3. The van der Waals surface area contributed by atoms with E-state index in [2.05, 4.69) is 5.32 Å². The van der Waals surface area contributed by atoms with E-state index in [1.54, 1.807) is 0 Å². The fraction of sp³-hybridized carbons (Fsp3) is 1.00. The van der Waals surface area contributed by atoms with Crippen LogP contribution in [0.5, 0.6) is 0 Å². The van der Waals surface area contributed by atoms with Crippen LogP contribution in [0.2, 0.25) is 0 Å². The molecule has 0 bridgehead atoms. The number of hydrogen-bond donors (Lipinski definition) is 1. The predicted octanol–water partition coefficient (Wildman–Crippen LogP) is 4.13. The van der Waals surface area contributed by atoms with Crippen LogP contribution in [0.3, 0.4) is 0 Å². The number of halogens is 3. The van der Waals surface area contributed by atoms with Crippen molar-refractivity contribution in [2.75, 3.05) is 0 Å². The molecule has 0 rings (SSSR count). The highest BCUT2D eigenvalue weighted by Crippen LogP contribution is 2.30. The summed E-state index contributed by atoms with van der Waals surface area (Å²) in [5, 5.41) is 2.69. The topological polar surface area (TPSA) is 12.0 Å². The van der Waals surface area contributed by atoms with E-state index in [0.717, 1.165) is 12.8 Å². The van der Waals surface area contributed by atoms with Crippen molar-refractivity contribution in [2.24, 2.45) is 5.41 Å². The van der Waals surface area contributed by atoms with E-state index in [1.165, 1.54) is 0 Å². The number of nitrogens with one attached hydrogen (secondary N) is 1. The third-order valence-corrected chi connectivity index (χ3v) is 2.42. The highest BCUT2D eigenvalue weighted by molar-refractivity contribution is 4.82. The standard InChI is InChI=1S/C12H24F3N/c1-6-7-9(2)16-10(12(13,14)15)8-11(3,4)5/h9-10,16H,6-8H2,1-5H3. The molecule has 0 aromatic carbocycles. The third-order valence-electron chi connectivity index (χ3n) is 2.42. The summed E-state index contributed by atoms with van der Waals surface area (Å²) in [5.74, 6) is 0. The molecule has 0 aliphatic carbocycles. The maximum Gasteiger partial charge on any atom is 0.403 e. The molecule has 2 unspecified atom stereocenters. The van der Waals surface area contributed by atoms with Gasteiger partial charge in [-0.15, -0.1) is 0 Å². The van der Waals surface area contributed by atoms with Crippen molar-refractivity contribution in [1.82, 2.24) is 5.32 Å². The molecule has 0 fully saturated rings. The minimum Gasteiger partial charge on any atom is -0.304 e. The summed E-state index contributed by atoms with van der Waals surface area (Å²) in [6.07, 6.45) is -2.37. The lowest BCUT2D eigenvalue weighted by molar-refractivity contribution is -0.163. The molecule has 0 aromatic heterocycles. The molecule has 0 amide bonds. The van der Waals surface area contributed by atoms with Crippen LogP contribution in [-0.2, 0) is 0 Å². The Hall–Kier alpha value is -0.250. The molecule has 0 aliphatic rings. The Kier molecular flexibility index (Phi) is 5.80. The summed E-state index contributed by atoms with van der Waals surface area (Å²) in [6, 6.07) is -1.48. The number of hydrogen-bond acceptors (Lipinski definition) is 1. The summed E-state index contributed by atoms with van der Waals surface area (Å²) in [6.45, 7) is 9.28. The average molecular weight is 239 g/mol. The molecule has 0 aliphatic heterocycles. The third kappa shape index (κ3) is 7.09. The summed E-state index contributed by atoms with van der Waals surface area (Å²) < 4.78 is 38.4. The van der Waals surface area contributed by atoms with Gasteiger partial charge < -0.3 is 5.32 Å². The highest BCUT2D eigenvalue weighted by Gasteiger charge is 2.41. The first kappa shape index (κ1) is 15.8. The molecule has 0 heterocycles. The van der Waals surface area contributed by atoms with Gasteiger partial charge in [-0.05, 0) is 25.2 Å². The van der Waals surface area contributed by atoms with Crippen LogP contribution in [0.25, 0.3) is 0 Å². The van der Waals surface area contributed by atoms with Crippen molar-refractivity contribution >= 4 is 0 Å². The normalized spacial score (nSPS) is 17.2. The number of rotatable bonds is 5. The van der Waals surface area contributed by atoms with Crippen molar-refractivity contribution in [2.45, 2.75) is 72.1 Å². The summed E-state index contributed by atoms with van der Waals surface area (Å²) in [7, 11) is 0. The molecule has 0 saturated heterocycles. The van der Waals surface area contributed by atoms with Gasteiger partial charge in [0.25, 0.3) is 0 Å². The van der Waals surface area contributed by atoms with Gasteiger partial charge in [0.1, 0.15) is 6.04 Å². The van der Waals surface area contributed by atoms with Gasteiger partial charge in [-0.1, -0.05) is 34.1 Å². The lowest BCUT2D eigenvalue weighted by Gasteiger charge is -2.30. The second-order valence-electron chi connectivity index (χ2n) is 5.72. The van der Waals surface area contributed by atoms with Gasteiger partial charge in [0.05, 0.1) is 0 Å². The smallest absolute Gasteiger partial charge is 0.304 e. The summed E-state index contributed by atoms with van der Waals surface area (Å²) in [5.41, 5.74) is -0.320. The molecule has 2 atom stereocenters. The zero-order valence-electron chi connectivity index (χ0n) is 10.9. The lowest BCUT2D eigenvalue weighted by atomic mass is 9.87.